The van der Waals surface area contributed by atoms with Gasteiger partial charge in [-0.1, -0.05) is 78.8 Å². The fourth-order valence-electron chi connectivity index (χ4n) is 6.22. The first-order chi connectivity index (χ1) is 14.8. The number of esters is 2. The summed E-state index contributed by atoms with van der Waals surface area (Å²) in [4.78, 5) is 25.7. The minimum absolute atomic E-state index is 0.00369. The Kier molecular flexibility index (Phi) is 6.53. The van der Waals surface area contributed by atoms with Crippen molar-refractivity contribution in [3.05, 3.63) is 47.0 Å². The molecule has 1 heterocycles. The average molecular weight is 459 g/mol. The second-order valence-electron chi connectivity index (χ2n) is 11.3. The highest BCUT2D eigenvalue weighted by molar-refractivity contribution is 6.79. The molecule has 0 unspecified atom stereocenters. The largest absolute Gasteiger partial charge is 0.466 e. The molecule has 176 valence electrons. The molecule has 32 heavy (non-hydrogen) atoms. The summed E-state index contributed by atoms with van der Waals surface area (Å²) in [6.45, 7) is 15.7. The van der Waals surface area contributed by atoms with Gasteiger partial charge in [0.15, 0.2) is 0 Å². The minimum atomic E-state index is -2.55. The lowest BCUT2D eigenvalue weighted by Gasteiger charge is -2.53. The Morgan fingerprint density at radius 1 is 0.906 bits per heavy atom. The SMILES string of the molecule is COC(=O)C1=C(C(=O)OC)[C@H]2C[Si](C(C)(C)C)(C(C)(C)C)O[C@H](c3ccccc3)[C@@H](C)[C@H]12. The molecule has 3 rings (SSSR count). The second kappa shape index (κ2) is 8.45. The molecular weight excluding hydrogens is 420 g/mol. The number of carbonyl (C=O) groups excluding carboxylic acids is 2. The first kappa shape index (κ1) is 24.7. The zero-order valence-corrected chi connectivity index (χ0v) is 21.9. The lowest BCUT2D eigenvalue weighted by Crippen LogP contribution is -2.56. The van der Waals surface area contributed by atoms with E-state index in [9.17, 15) is 9.59 Å². The van der Waals surface area contributed by atoms with Gasteiger partial charge in [-0.2, -0.15) is 0 Å². The van der Waals surface area contributed by atoms with Crippen molar-refractivity contribution in [3.8, 4) is 0 Å². The number of rotatable bonds is 3. The number of hydrogen-bond donors (Lipinski definition) is 0. The summed E-state index contributed by atoms with van der Waals surface area (Å²) < 4.78 is 17.6. The van der Waals surface area contributed by atoms with E-state index >= 15 is 0 Å². The van der Waals surface area contributed by atoms with Gasteiger partial charge in [0.1, 0.15) is 0 Å². The van der Waals surface area contributed by atoms with Crippen LogP contribution in [0.1, 0.15) is 60.1 Å². The van der Waals surface area contributed by atoms with Gasteiger partial charge in [-0.15, -0.1) is 0 Å². The summed E-state index contributed by atoms with van der Waals surface area (Å²) in [6.07, 6.45) is -0.171. The molecule has 0 N–H and O–H groups in total. The van der Waals surface area contributed by atoms with E-state index < -0.39 is 20.3 Å². The van der Waals surface area contributed by atoms with Gasteiger partial charge in [0.05, 0.1) is 31.5 Å². The number of fused-ring (bicyclic) bond motifs is 1. The van der Waals surface area contributed by atoms with Crippen LogP contribution in [0.3, 0.4) is 0 Å². The van der Waals surface area contributed by atoms with Gasteiger partial charge in [-0.25, -0.2) is 9.59 Å². The minimum Gasteiger partial charge on any atom is -0.466 e. The Morgan fingerprint density at radius 3 is 1.88 bits per heavy atom. The quantitative estimate of drug-likeness (QED) is 0.421. The lowest BCUT2D eigenvalue weighted by molar-refractivity contribution is -0.143. The van der Waals surface area contributed by atoms with E-state index in [1.165, 1.54) is 14.2 Å². The fourth-order valence-corrected chi connectivity index (χ4v) is 12.4. The lowest BCUT2D eigenvalue weighted by atomic mass is 9.61. The van der Waals surface area contributed by atoms with Crippen LogP contribution in [0, 0.1) is 17.8 Å². The highest BCUT2D eigenvalue weighted by Gasteiger charge is 2.64. The Morgan fingerprint density at radius 2 is 1.41 bits per heavy atom. The summed E-state index contributed by atoms with van der Waals surface area (Å²) in [5.74, 6) is -1.05. The van der Waals surface area contributed by atoms with Crippen molar-refractivity contribution in [2.75, 3.05) is 14.2 Å². The molecule has 0 bridgehead atoms. The van der Waals surface area contributed by atoms with E-state index in [0.717, 1.165) is 11.6 Å². The molecule has 0 saturated carbocycles. The third kappa shape index (κ3) is 3.75. The molecule has 0 radical (unpaired) electrons. The first-order valence-electron chi connectivity index (χ1n) is 11.4. The fraction of sp³-hybridized carbons (Fsp3) is 0.615. The molecule has 1 aromatic carbocycles. The van der Waals surface area contributed by atoms with Crippen LogP contribution in [0.5, 0.6) is 0 Å². The van der Waals surface area contributed by atoms with E-state index in [1.54, 1.807) is 0 Å². The zero-order valence-electron chi connectivity index (χ0n) is 20.9. The molecule has 5 nitrogen and oxygen atoms in total. The van der Waals surface area contributed by atoms with Gasteiger partial charge >= 0.3 is 11.9 Å². The average Bonchev–Trinajstić information content (AvgIpc) is 2.81. The Bertz CT molecular complexity index is 892. The van der Waals surface area contributed by atoms with Crippen LogP contribution in [0.4, 0.5) is 0 Å². The molecule has 1 aromatic rings. The van der Waals surface area contributed by atoms with Crippen molar-refractivity contribution in [3.63, 3.8) is 0 Å². The van der Waals surface area contributed by atoms with Gasteiger partial charge in [0, 0.05) is 5.92 Å². The maximum Gasteiger partial charge on any atom is 0.334 e. The van der Waals surface area contributed by atoms with E-state index in [1.807, 2.05) is 18.2 Å². The van der Waals surface area contributed by atoms with E-state index in [4.69, 9.17) is 13.9 Å². The highest BCUT2D eigenvalue weighted by atomic mass is 28.4. The van der Waals surface area contributed by atoms with Crippen LogP contribution in [0.15, 0.2) is 41.5 Å². The molecule has 1 fully saturated rings. The molecule has 2 aliphatic rings. The Labute approximate surface area is 193 Å². The van der Waals surface area contributed by atoms with Gasteiger partial charge in [0.25, 0.3) is 0 Å². The van der Waals surface area contributed by atoms with E-state index in [-0.39, 0.29) is 33.9 Å². The molecule has 0 spiro atoms. The highest BCUT2D eigenvalue weighted by Crippen LogP contribution is 2.64. The molecule has 4 atom stereocenters. The number of benzene rings is 1. The van der Waals surface area contributed by atoms with Crippen LogP contribution in [-0.2, 0) is 23.5 Å². The topological polar surface area (TPSA) is 61.8 Å². The van der Waals surface area contributed by atoms with Crippen molar-refractivity contribution >= 4 is 20.3 Å². The van der Waals surface area contributed by atoms with Crippen molar-refractivity contribution < 1.29 is 23.5 Å². The summed E-state index contributed by atoms with van der Waals surface area (Å²) in [6, 6.07) is 11.0. The third-order valence-corrected chi connectivity index (χ3v) is 14.2. The molecule has 1 saturated heterocycles. The second-order valence-corrected chi connectivity index (χ2v) is 16.6. The summed E-state index contributed by atoms with van der Waals surface area (Å²) >= 11 is 0. The molecule has 1 aliphatic heterocycles. The Hall–Kier alpha value is -1.92. The van der Waals surface area contributed by atoms with Gasteiger partial charge in [-0.3, -0.25) is 0 Å². The van der Waals surface area contributed by atoms with Gasteiger partial charge in [-0.05, 0) is 33.5 Å². The zero-order chi connectivity index (χ0) is 24.1. The predicted octanol–water partition coefficient (Wildman–Crippen LogP) is 5.83. The number of hydrogen-bond acceptors (Lipinski definition) is 5. The smallest absolute Gasteiger partial charge is 0.334 e. The van der Waals surface area contributed by atoms with Crippen LogP contribution in [0.25, 0.3) is 0 Å². The van der Waals surface area contributed by atoms with Crippen LogP contribution >= 0.6 is 0 Å². The molecule has 1 aliphatic carbocycles. The number of ether oxygens (including phenoxy) is 2. The maximum atomic E-state index is 12.8. The molecule has 0 amide bonds. The van der Waals surface area contributed by atoms with Crippen molar-refractivity contribution in [2.45, 2.75) is 70.7 Å². The molecular formula is C26H38O5Si. The summed E-state index contributed by atoms with van der Waals surface area (Å²) in [5.41, 5.74) is 2.06. The number of methoxy groups -OCH3 is 2. The first-order valence-corrected chi connectivity index (χ1v) is 13.6. The number of carbonyl (C=O) groups is 2. The van der Waals surface area contributed by atoms with Gasteiger partial charge in [0.2, 0.25) is 8.32 Å². The standard InChI is InChI=1S/C26H38O5Si/c1-16-19-18(20(23(27)29-8)21(19)24(28)30-9)15-32(25(2,3)4,26(5,6)7)31-22(16)17-13-11-10-12-14-17/h10-14,16,18-19,22H,15H2,1-9H3/t16-,18-,19-,22-/m0/s1. The van der Waals surface area contributed by atoms with Crippen LogP contribution in [-0.4, -0.2) is 34.5 Å². The third-order valence-electron chi connectivity index (χ3n) is 7.67. The van der Waals surface area contributed by atoms with Crippen LogP contribution < -0.4 is 0 Å². The Balaban J connectivity index is 2.28. The molecule has 0 aromatic heterocycles. The van der Waals surface area contributed by atoms with Crippen molar-refractivity contribution in [1.29, 1.82) is 0 Å². The van der Waals surface area contributed by atoms with Crippen LogP contribution in [0.2, 0.25) is 16.1 Å². The van der Waals surface area contributed by atoms with E-state index in [0.29, 0.717) is 11.1 Å². The van der Waals surface area contributed by atoms with Crippen molar-refractivity contribution in [2.24, 2.45) is 17.8 Å². The summed E-state index contributed by atoms with van der Waals surface area (Å²) in [5, 5.41) is -0.176. The van der Waals surface area contributed by atoms with Gasteiger partial charge < -0.3 is 13.9 Å². The maximum absolute atomic E-state index is 12.8. The molecule has 6 heteroatoms. The predicted molar refractivity (Wildman–Crippen MR) is 127 cm³/mol. The summed E-state index contributed by atoms with van der Waals surface area (Å²) in [7, 11) is 0.196. The van der Waals surface area contributed by atoms with Crippen molar-refractivity contribution in [1.82, 2.24) is 0 Å². The monoisotopic (exact) mass is 458 g/mol. The normalized spacial score (nSPS) is 27.7. The van der Waals surface area contributed by atoms with E-state index in [2.05, 4.69) is 60.6 Å².